The summed E-state index contributed by atoms with van der Waals surface area (Å²) in [5, 5.41) is 3.99. The number of thioether (sulfide) groups is 3. The maximum absolute atomic E-state index is 4.21. The summed E-state index contributed by atoms with van der Waals surface area (Å²) in [5.74, 6) is 1.36. The van der Waals surface area contributed by atoms with Gasteiger partial charge in [0.25, 0.3) is 0 Å². The highest BCUT2D eigenvalue weighted by Gasteiger charge is 2.18. The minimum absolute atomic E-state index is 0.795. The van der Waals surface area contributed by atoms with Gasteiger partial charge in [-0.15, -0.1) is 35.3 Å². The quantitative estimate of drug-likeness (QED) is 0.578. The zero-order chi connectivity index (χ0) is 8.10. The molecule has 0 N–H and O–H groups in total. The summed E-state index contributed by atoms with van der Waals surface area (Å²) in [7, 11) is 0. The van der Waals surface area contributed by atoms with Crippen LogP contribution in [0, 0.1) is 0 Å². The monoisotopic (exact) mass is 226 g/mol. The highest BCUT2D eigenvalue weighted by molar-refractivity contribution is 8.19. The molecule has 0 bridgehead atoms. The summed E-state index contributed by atoms with van der Waals surface area (Å²) >= 11 is 10.4. The molecule has 2 atom stereocenters. The molecule has 0 aromatic rings. The molecular formula is C7H14S4. The zero-order valence-electron chi connectivity index (χ0n) is 6.66. The molecule has 1 saturated heterocycles. The minimum atomic E-state index is 0.795. The molecule has 0 aliphatic carbocycles. The third kappa shape index (κ3) is 4.25. The number of hydrogen-bond acceptors (Lipinski definition) is 4. The fourth-order valence-corrected chi connectivity index (χ4v) is 5.62. The molecule has 1 aliphatic rings. The lowest BCUT2D eigenvalue weighted by Crippen LogP contribution is -2.09. The molecule has 1 aliphatic heterocycles. The fraction of sp³-hybridized carbons (Fsp3) is 1.00. The Kier molecular flexibility index (Phi) is 5.67. The van der Waals surface area contributed by atoms with E-state index in [1.165, 1.54) is 17.3 Å². The van der Waals surface area contributed by atoms with Gasteiger partial charge in [-0.05, 0) is 6.42 Å². The Labute approximate surface area is 87.4 Å². The van der Waals surface area contributed by atoms with Crippen molar-refractivity contribution in [3.63, 3.8) is 0 Å². The first-order chi connectivity index (χ1) is 5.33. The summed E-state index contributed by atoms with van der Waals surface area (Å²) in [5.41, 5.74) is 0. The van der Waals surface area contributed by atoms with Crippen molar-refractivity contribution < 1.29 is 0 Å². The first-order valence-corrected chi connectivity index (χ1v) is 7.63. The van der Waals surface area contributed by atoms with Crippen LogP contribution in [0.25, 0.3) is 0 Å². The molecule has 0 amide bonds. The molecule has 4 heteroatoms. The molecular weight excluding hydrogens is 212 g/mol. The lowest BCUT2D eigenvalue weighted by Gasteiger charge is -2.13. The highest BCUT2D eigenvalue weighted by Crippen LogP contribution is 2.34. The summed E-state index contributed by atoms with van der Waals surface area (Å²) in [6, 6.07) is 0. The van der Waals surface area contributed by atoms with Gasteiger partial charge in [-0.25, -0.2) is 0 Å². The molecule has 66 valence electrons. The molecule has 1 heterocycles. The molecule has 0 nitrogen and oxygen atoms in total. The van der Waals surface area contributed by atoms with Gasteiger partial charge >= 0.3 is 0 Å². The van der Waals surface area contributed by atoms with Crippen molar-refractivity contribution in [1.82, 2.24) is 0 Å². The maximum Gasteiger partial charge on any atom is 0.0395 e. The van der Waals surface area contributed by atoms with Crippen molar-refractivity contribution >= 4 is 47.9 Å². The van der Waals surface area contributed by atoms with Crippen LogP contribution in [0.1, 0.15) is 13.3 Å². The predicted octanol–water partition coefficient (Wildman–Crippen LogP) is 3.19. The minimum Gasteiger partial charge on any atom is -0.168 e. The van der Waals surface area contributed by atoms with Crippen molar-refractivity contribution in [3.05, 3.63) is 0 Å². The van der Waals surface area contributed by atoms with Crippen LogP contribution in [0.5, 0.6) is 0 Å². The largest absolute Gasteiger partial charge is 0.168 e. The Hall–Kier alpha value is 1.40. The third-order valence-corrected chi connectivity index (χ3v) is 5.89. The average Bonchev–Trinajstić information content (AvgIpc) is 2.40. The molecule has 1 fully saturated rings. The van der Waals surface area contributed by atoms with Gasteiger partial charge in [0.15, 0.2) is 0 Å². The van der Waals surface area contributed by atoms with Crippen molar-refractivity contribution in [2.75, 3.05) is 15.9 Å². The van der Waals surface area contributed by atoms with Gasteiger partial charge in [0.2, 0.25) is 0 Å². The second kappa shape index (κ2) is 5.95. The second-order valence-electron chi connectivity index (χ2n) is 2.62. The lowest BCUT2D eigenvalue weighted by atomic mass is 10.3. The Morgan fingerprint density at radius 2 is 2.55 bits per heavy atom. The molecule has 0 saturated carbocycles. The van der Waals surface area contributed by atoms with E-state index in [1.807, 2.05) is 11.8 Å². The van der Waals surface area contributed by atoms with Crippen molar-refractivity contribution in [1.29, 1.82) is 0 Å². The van der Waals surface area contributed by atoms with E-state index >= 15 is 0 Å². The van der Waals surface area contributed by atoms with Crippen LogP contribution in [-0.4, -0.2) is 26.4 Å². The van der Waals surface area contributed by atoms with E-state index < -0.39 is 0 Å². The van der Waals surface area contributed by atoms with Gasteiger partial charge in [-0.1, -0.05) is 6.92 Å². The average molecular weight is 226 g/mol. The van der Waals surface area contributed by atoms with Crippen LogP contribution in [0.4, 0.5) is 0 Å². The Morgan fingerprint density at radius 1 is 1.73 bits per heavy atom. The summed E-state index contributed by atoms with van der Waals surface area (Å²) in [6.45, 7) is 2.31. The summed E-state index contributed by atoms with van der Waals surface area (Å²) in [6.07, 6.45) is 1.36. The Balaban J connectivity index is 2.08. The fourth-order valence-electron chi connectivity index (χ4n) is 1.07. The van der Waals surface area contributed by atoms with Crippen LogP contribution in [0.3, 0.4) is 0 Å². The molecule has 0 spiro atoms. The van der Waals surface area contributed by atoms with Gasteiger partial charge in [0.1, 0.15) is 0 Å². The molecule has 11 heavy (non-hydrogen) atoms. The topological polar surface area (TPSA) is 0 Å². The molecule has 0 aromatic carbocycles. The standard InChI is InChI=1S/C7H14S4/c1-6(10-4-8)2-7-3-9-5-11-7/h6-8H,2-5H2,1H3. The number of hydrogen-bond donors (Lipinski definition) is 1. The molecule has 2 unspecified atom stereocenters. The van der Waals surface area contributed by atoms with Crippen LogP contribution in [0.15, 0.2) is 0 Å². The third-order valence-electron chi connectivity index (χ3n) is 1.64. The van der Waals surface area contributed by atoms with Crippen LogP contribution in [-0.2, 0) is 0 Å². The van der Waals surface area contributed by atoms with Crippen molar-refractivity contribution in [2.45, 2.75) is 23.8 Å². The second-order valence-corrected chi connectivity index (χ2v) is 7.47. The summed E-state index contributed by atoms with van der Waals surface area (Å²) in [4.78, 5) is 0. The lowest BCUT2D eigenvalue weighted by molar-refractivity contribution is 0.816. The van der Waals surface area contributed by atoms with Crippen molar-refractivity contribution in [3.8, 4) is 0 Å². The molecule has 1 rings (SSSR count). The maximum atomic E-state index is 4.21. The SMILES string of the molecule is CC(CC1CSCS1)SCS. The van der Waals surface area contributed by atoms with Crippen LogP contribution >= 0.6 is 47.9 Å². The number of rotatable bonds is 4. The zero-order valence-corrected chi connectivity index (χ0v) is 10.00. The summed E-state index contributed by atoms with van der Waals surface area (Å²) < 4.78 is 0. The predicted molar refractivity (Wildman–Crippen MR) is 64.2 cm³/mol. The smallest absolute Gasteiger partial charge is 0.0395 e. The van der Waals surface area contributed by atoms with E-state index in [0.29, 0.717) is 0 Å². The van der Waals surface area contributed by atoms with Gasteiger partial charge < -0.3 is 0 Å². The van der Waals surface area contributed by atoms with E-state index in [0.717, 1.165) is 15.6 Å². The van der Waals surface area contributed by atoms with E-state index in [2.05, 4.69) is 43.1 Å². The van der Waals surface area contributed by atoms with E-state index in [-0.39, 0.29) is 0 Å². The van der Waals surface area contributed by atoms with E-state index in [4.69, 9.17) is 0 Å². The van der Waals surface area contributed by atoms with Gasteiger partial charge in [0, 0.05) is 26.4 Å². The first-order valence-electron chi connectivity index (χ1n) is 3.74. The molecule has 0 radical (unpaired) electrons. The van der Waals surface area contributed by atoms with Gasteiger partial charge in [-0.2, -0.15) is 12.6 Å². The van der Waals surface area contributed by atoms with Crippen LogP contribution in [0.2, 0.25) is 0 Å². The van der Waals surface area contributed by atoms with Gasteiger partial charge in [-0.3, -0.25) is 0 Å². The Morgan fingerprint density at radius 3 is 3.09 bits per heavy atom. The normalized spacial score (nSPS) is 27.3. The van der Waals surface area contributed by atoms with E-state index in [9.17, 15) is 0 Å². The van der Waals surface area contributed by atoms with Gasteiger partial charge in [0.05, 0.1) is 0 Å². The first kappa shape index (κ1) is 10.5. The highest BCUT2D eigenvalue weighted by atomic mass is 32.2. The number of thiol groups is 1. The van der Waals surface area contributed by atoms with Crippen LogP contribution < -0.4 is 0 Å². The Bertz CT molecular complexity index is 101. The van der Waals surface area contributed by atoms with Crippen molar-refractivity contribution in [2.24, 2.45) is 0 Å². The van der Waals surface area contributed by atoms with E-state index in [1.54, 1.807) is 0 Å². The molecule has 0 aromatic heterocycles.